The predicted octanol–water partition coefficient (Wildman–Crippen LogP) is 3.02. The lowest BCUT2D eigenvalue weighted by Gasteiger charge is -2.33. The molecule has 148 valence electrons. The van der Waals surface area contributed by atoms with Crippen LogP contribution in [0.4, 0.5) is 4.79 Å². The molecule has 6 nitrogen and oxygen atoms in total. The van der Waals surface area contributed by atoms with Gasteiger partial charge in [0, 0.05) is 39.1 Å². The second-order valence-corrected chi connectivity index (χ2v) is 7.59. The van der Waals surface area contributed by atoms with E-state index in [1.165, 1.54) is 6.42 Å². The van der Waals surface area contributed by atoms with Crippen LogP contribution in [-0.4, -0.2) is 55.0 Å². The second-order valence-electron chi connectivity index (χ2n) is 7.59. The Morgan fingerprint density at radius 2 is 1.81 bits per heavy atom. The van der Waals surface area contributed by atoms with Crippen molar-refractivity contribution in [3.05, 3.63) is 29.8 Å². The first kappa shape index (κ1) is 19.5. The number of rotatable bonds is 5. The summed E-state index contributed by atoms with van der Waals surface area (Å²) in [5, 5.41) is 2.98. The average molecular weight is 373 g/mol. The van der Waals surface area contributed by atoms with E-state index in [2.05, 4.69) is 5.32 Å². The Balaban J connectivity index is 1.39. The van der Waals surface area contributed by atoms with Crippen molar-refractivity contribution >= 4 is 11.9 Å². The quantitative estimate of drug-likeness (QED) is 0.863. The van der Waals surface area contributed by atoms with Crippen LogP contribution < -0.4 is 10.1 Å². The van der Waals surface area contributed by atoms with E-state index < -0.39 is 0 Å². The van der Waals surface area contributed by atoms with Crippen molar-refractivity contribution in [1.29, 1.82) is 0 Å². The number of nitrogens with zero attached hydrogens (tertiary/aromatic N) is 2. The molecule has 0 saturated carbocycles. The van der Waals surface area contributed by atoms with E-state index in [1.807, 2.05) is 34.1 Å². The molecule has 0 unspecified atom stereocenters. The number of piperidine rings is 2. The van der Waals surface area contributed by atoms with Crippen molar-refractivity contribution in [3.8, 4) is 5.75 Å². The first-order valence-electron chi connectivity index (χ1n) is 10.1. The summed E-state index contributed by atoms with van der Waals surface area (Å²) in [4.78, 5) is 28.7. The third-order valence-corrected chi connectivity index (χ3v) is 5.65. The molecule has 2 heterocycles. The lowest BCUT2D eigenvalue weighted by molar-refractivity contribution is -0.133. The molecule has 1 aromatic carbocycles. The SMILES string of the molecule is COc1cccc(CNC(=O)N2CCC(CC(=O)N3CCCCC3)CC2)c1. The number of amides is 3. The van der Waals surface area contributed by atoms with Gasteiger partial charge in [-0.05, 0) is 55.7 Å². The first-order valence-corrected chi connectivity index (χ1v) is 10.1. The number of methoxy groups -OCH3 is 1. The standard InChI is InChI=1S/C21H31N3O3/c1-27-19-7-5-6-18(14-19)16-22-21(26)24-12-8-17(9-13-24)15-20(25)23-10-3-2-4-11-23/h5-7,14,17H,2-4,8-13,15-16H2,1H3,(H,22,26). The molecule has 2 fully saturated rings. The Morgan fingerprint density at radius 1 is 1.07 bits per heavy atom. The summed E-state index contributed by atoms with van der Waals surface area (Å²) in [5.74, 6) is 1.50. The minimum Gasteiger partial charge on any atom is -0.497 e. The number of benzene rings is 1. The van der Waals surface area contributed by atoms with Gasteiger partial charge in [-0.2, -0.15) is 0 Å². The van der Waals surface area contributed by atoms with Crippen LogP contribution in [-0.2, 0) is 11.3 Å². The number of likely N-dealkylation sites (tertiary alicyclic amines) is 2. The Bertz CT molecular complexity index is 635. The summed E-state index contributed by atoms with van der Waals surface area (Å²) in [6.45, 7) is 3.78. The van der Waals surface area contributed by atoms with Crippen molar-refractivity contribution in [1.82, 2.24) is 15.1 Å². The van der Waals surface area contributed by atoms with Crippen LogP contribution in [0.25, 0.3) is 0 Å². The fourth-order valence-corrected chi connectivity index (χ4v) is 3.93. The highest BCUT2D eigenvalue weighted by Crippen LogP contribution is 2.22. The summed E-state index contributed by atoms with van der Waals surface area (Å²) in [5.41, 5.74) is 1.02. The largest absolute Gasteiger partial charge is 0.497 e. The molecule has 0 bridgehead atoms. The van der Waals surface area contributed by atoms with Gasteiger partial charge in [-0.25, -0.2) is 4.79 Å². The zero-order valence-corrected chi connectivity index (χ0v) is 16.3. The number of nitrogens with one attached hydrogen (secondary N) is 1. The molecule has 2 aliphatic heterocycles. The third-order valence-electron chi connectivity index (χ3n) is 5.65. The van der Waals surface area contributed by atoms with Crippen molar-refractivity contribution < 1.29 is 14.3 Å². The zero-order chi connectivity index (χ0) is 19.1. The smallest absolute Gasteiger partial charge is 0.317 e. The van der Waals surface area contributed by atoms with E-state index in [1.54, 1.807) is 7.11 Å². The molecule has 0 atom stereocenters. The van der Waals surface area contributed by atoms with Gasteiger partial charge < -0.3 is 19.9 Å². The van der Waals surface area contributed by atoms with E-state index in [9.17, 15) is 9.59 Å². The number of hydrogen-bond acceptors (Lipinski definition) is 3. The lowest BCUT2D eigenvalue weighted by Crippen LogP contribution is -2.45. The molecule has 0 aliphatic carbocycles. The van der Waals surface area contributed by atoms with Crippen LogP contribution in [0.2, 0.25) is 0 Å². The second kappa shape index (κ2) is 9.62. The molecule has 3 amide bonds. The molecule has 0 spiro atoms. The maximum absolute atomic E-state index is 12.4. The summed E-state index contributed by atoms with van der Waals surface area (Å²) in [7, 11) is 1.64. The van der Waals surface area contributed by atoms with E-state index in [0.717, 1.165) is 63.2 Å². The monoisotopic (exact) mass is 373 g/mol. The number of ether oxygens (including phenoxy) is 1. The zero-order valence-electron chi connectivity index (χ0n) is 16.3. The van der Waals surface area contributed by atoms with Gasteiger partial charge in [0.15, 0.2) is 0 Å². The summed E-state index contributed by atoms with van der Waals surface area (Å²) in [6.07, 6.45) is 5.97. The van der Waals surface area contributed by atoms with Crippen LogP contribution in [0, 0.1) is 5.92 Å². The van der Waals surface area contributed by atoms with Gasteiger partial charge in [0.2, 0.25) is 5.91 Å². The maximum atomic E-state index is 12.4. The van der Waals surface area contributed by atoms with E-state index in [0.29, 0.717) is 24.8 Å². The van der Waals surface area contributed by atoms with Gasteiger partial charge in [-0.1, -0.05) is 12.1 Å². The van der Waals surface area contributed by atoms with Crippen molar-refractivity contribution in [2.75, 3.05) is 33.3 Å². The third kappa shape index (κ3) is 5.62. The molecule has 27 heavy (non-hydrogen) atoms. The van der Waals surface area contributed by atoms with Gasteiger partial charge in [0.25, 0.3) is 0 Å². The molecular weight excluding hydrogens is 342 g/mol. The number of urea groups is 1. The Morgan fingerprint density at radius 3 is 2.52 bits per heavy atom. The number of hydrogen-bond donors (Lipinski definition) is 1. The van der Waals surface area contributed by atoms with Crippen LogP contribution in [0.1, 0.15) is 44.1 Å². The summed E-state index contributed by atoms with van der Waals surface area (Å²) < 4.78 is 5.21. The van der Waals surface area contributed by atoms with Gasteiger partial charge in [-0.3, -0.25) is 4.79 Å². The highest BCUT2D eigenvalue weighted by Gasteiger charge is 2.26. The van der Waals surface area contributed by atoms with Crippen LogP contribution in [0.5, 0.6) is 5.75 Å². The summed E-state index contributed by atoms with van der Waals surface area (Å²) in [6, 6.07) is 7.69. The predicted molar refractivity (Wildman–Crippen MR) is 105 cm³/mol. The molecule has 3 rings (SSSR count). The molecule has 6 heteroatoms. The molecule has 0 aromatic heterocycles. The van der Waals surface area contributed by atoms with Crippen molar-refractivity contribution in [3.63, 3.8) is 0 Å². The normalized spacial score (nSPS) is 18.3. The van der Waals surface area contributed by atoms with E-state index in [4.69, 9.17) is 4.74 Å². The Hall–Kier alpha value is -2.24. The molecule has 2 aliphatic rings. The van der Waals surface area contributed by atoms with Crippen LogP contribution in [0.15, 0.2) is 24.3 Å². The van der Waals surface area contributed by atoms with E-state index >= 15 is 0 Å². The van der Waals surface area contributed by atoms with Crippen LogP contribution in [0.3, 0.4) is 0 Å². The minimum atomic E-state index is -0.0290. The highest BCUT2D eigenvalue weighted by atomic mass is 16.5. The van der Waals surface area contributed by atoms with Gasteiger partial charge in [-0.15, -0.1) is 0 Å². The maximum Gasteiger partial charge on any atom is 0.317 e. The fraction of sp³-hybridized carbons (Fsp3) is 0.619. The number of carbonyl (C=O) groups excluding carboxylic acids is 2. The van der Waals surface area contributed by atoms with Crippen molar-refractivity contribution in [2.24, 2.45) is 5.92 Å². The van der Waals surface area contributed by atoms with Crippen LogP contribution >= 0.6 is 0 Å². The average Bonchev–Trinajstić information content (AvgIpc) is 2.73. The highest BCUT2D eigenvalue weighted by molar-refractivity contribution is 5.77. The number of carbonyl (C=O) groups is 2. The Kier molecular flexibility index (Phi) is 6.96. The summed E-state index contributed by atoms with van der Waals surface area (Å²) >= 11 is 0. The van der Waals surface area contributed by atoms with Gasteiger partial charge in [0.05, 0.1) is 7.11 Å². The first-order chi connectivity index (χ1) is 13.2. The van der Waals surface area contributed by atoms with Crippen molar-refractivity contribution in [2.45, 2.75) is 45.1 Å². The minimum absolute atomic E-state index is 0.0290. The van der Waals surface area contributed by atoms with E-state index in [-0.39, 0.29) is 6.03 Å². The molecular formula is C21H31N3O3. The topological polar surface area (TPSA) is 61.9 Å². The molecule has 1 N–H and O–H groups in total. The lowest BCUT2D eigenvalue weighted by atomic mass is 9.93. The molecule has 2 saturated heterocycles. The van der Waals surface area contributed by atoms with Gasteiger partial charge in [0.1, 0.15) is 5.75 Å². The van der Waals surface area contributed by atoms with Gasteiger partial charge >= 0.3 is 6.03 Å². The fourth-order valence-electron chi connectivity index (χ4n) is 3.93. The molecule has 0 radical (unpaired) electrons. The Labute approximate surface area is 161 Å². The molecule has 1 aromatic rings.